The normalized spacial score (nSPS) is 10.7. The summed E-state index contributed by atoms with van der Waals surface area (Å²) in [4.78, 5) is 11.0. The largest absolute Gasteiger partial charge is 0.455 e. The third-order valence-electron chi connectivity index (χ3n) is 2.39. The minimum Gasteiger partial charge on any atom is -0.455 e. The van der Waals surface area contributed by atoms with Gasteiger partial charge in [0, 0.05) is 12.0 Å². The van der Waals surface area contributed by atoms with E-state index in [1.165, 1.54) is 6.21 Å². The number of hydrogen-bond acceptors (Lipinski definition) is 3. The van der Waals surface area contributed by atoms with E-state index in [0.29, 0.717) is 12.2 Å². The Bertz CT molecular complexity index is 544. The molecule has 0 saturated heterocycles. The van der Waals surface area contributed by atoms with E-state index in [1.807, 2.05) is 42.5 Å². The van der Waals surface area contributed by atoms with Crippen LogP contribution in [0.15, 0.2) is 52.0 Å². The predicted octanol–water partition coefficient (Wildman–Crippen LogP) is 2.81. The predicted molar refractivity (Wildman–Crippen MR) is 70.2 cm³/mol. The molecule has 92 valence electrons. The highest BCUT2D eigenvalue weighted by molar-refractivity contribution is 5.80. The molecule has 0 aliphatic rings. The van der Waals surface area contributed by atoms with Crippen LogP contribution < -0.4 is 5.43 Å². The first-order valence-corrected chi connectivity index (χ1v) is 5.76. The van der Waals surface area contributed by atoms with Gasteiger partial charge in [-0.1, -0.05) is 37.3 Å². The fraction of sp³-hybridized carbons (Fsp3) is 0.143. The summed E-state index contributed by atoms with van der Waals surface area (Å²) in [5.41, 5.74) is 3.41. The summed E-state index contributed by atoms with van der Waals surface area (Å²) in [6.07, 6.45) is 1.89. The highest BCUT2D eigenvalue weighted by Crippen LogP contribution is 2.20. The molecule has 1 aromatic carbocycles. The Labute approximate surface area is 105 Å². The smallest absolute Gasteiger partial charge is 0.239 e. The van der Waals surface area contributed by atoms with Crippen LogP contribution in [0.25, 0.3) is 11.3 Å². The molecule has 0 fully saturated rings. The van der Waals surface area contributed by atoms with Crippen molar-refractivity contribution in [1.82, 2.24) is 5.43 Å². The zero-order valence-corrected chi connectivity index (χ0v) is 10.1. The average molecular weight is 242 g/mol. The minimum atomic E-state index is -0.124. The maximum absolute atomic E-state index is 11.0. The van der Waals surface area contributed by atoms with Gasteiger partial charge in [-0.3, -0.25) is 4.79 Å². The van der Waals surface area contributed by atoms with E-state index in [4.69, 9.17) is 4.42 Å². The summed E-state index contributed by atoms with van der Waals surface area (Å²) < 4.78 is 5.58. The summed E-state index contributed by atoms with van der Waals surface area (Å²) in [7, 11) is 0. The lowest BCUT2D eigenvalue weighted by Crippen LogP contribution is -2.15. The Morgan fingerprint density at radius 3 is 2.78 bits per heavy atom. The van der Waals surface area contributed by atoms with Gasteiger partial charge in [0.15, 0.2) is 0 Å². The van der Waals surface area contributed by atoms with Gasteiger partial charge in [-0.15, -0.1) is 0 Å². The van der Waals surface area contributed by atoms with E-state index in [-0.39, 0.29) is 5.91 Å². The molecule has 1 aromatic heterocycles. The van der Waals surface area contributed by atoms with E-state index in [1.54, 1.807) is 6.92 Å². The SMILES string of the molecule is CCC(=O)N/N=C\c1ccc(-c2ccccc2)o1. The maximum Gasteiger partial charge on any atom is 0.239 e. The molecule has 1 amide bonds. The van der Waals surface area contributed by atoms with Crippen molar-refractivity contribution < 1.29 is 9.21 Å². The zero-order chi connectivity index (χ0) is 12.8. The molecular formula is C14H14N2O2. The molecule has 18 heavy (non-hydrogen) atoms. The Morgan fingerprint density at radius 2 is 2.06 bits per heavy atom. The summed E-state index contributed by atoms with van der Waals surface area (Å²) in [5, 5.41) is 3.80. The molecule has 0 unspecified atom stereocenters. The van der Waals surface area contributed by atoms with Gasteiger partial charge in [0.05, 0.1) is 6.21 Å². The lowest BCUT2D eigenvalue weighted by Gasteiger charge is -1.95. The summed E-state index contributed by atoms with van der Waals surface area (Å²) in [6.45, 7) is 1.77. The van der Waals surface area contributed by atoms with Crippen LogP contribution in [0, 0.1) is 0 Å². The highest BCUT2D eigenvalue weighted by atomic mass is 16.3. The number of hydrogen-bond donors (Lipinski definition) is 1. The molecule has 4 nitrogen and oxygen atoms in total. The first kappa shape index (κ1) is 12.1. The van der Waals surface area contributed by atoms with Crippen molar-refractivity contribution in [2.24, 2.45) is 5.10 Å². The average Bonchev–Trinajstić information content (AvgIpc) is 2.88. The molecule has 1 N–H and O–H groups in total. The standard InChI is InChI=1S/C14H14N2O2/c1-2-14(17)16-15-10-12-8-9-13(18-12)11-6-4-3-5-7-11/h3-10H,2H2,1H3,(H,16,17)/b15-10-. The molecule has 4 heteroatoms. The first-order valence-electron chi connectivity index (χ1n) is 5.76. The molecule has 2 aromatic rings. The van der Waals surface area contributed by atoms with Crippen molar-refractivity contribution in [3.8, 4) is 11.3 Å². The van der Waals surface area contributed by atoms with Crippen molar-refractivity contribution >= 4 is 12.1 Å². The Balaban J connectivity index is 2.05. The van der Waals surface area contributed by atoms with Crippen molar-refractivity contribution in [2.45, 2.75) is 13.3 Å². The van der Waals surface area contributed by atoms with E-state index in [2.05, 4.69) is 10.5 Å². The Morgan fingerprint density at radius 1 is 1.28 bits per heavy atom. The lowest BCUT2D eigenvalue weighted by atomic mass is 10.2. The molecule has 0 aliphatic heterocycles. The van der Waals surface area contributed by atoms with Crippen LogP contribution in [0.2, 0.25) is 0 Å². The van der Waals surface area contributed by atoms with Gasteiger partial charge < -0.3 is 4.42 Å². The molecule has 2 rings (SSSR count). The number of benzene rings is 1. The van der Waals surface area contributed by atoms with E-state index in [0.717, 1.165) is 11.3 Å². The zero-order valence-electron chi connectivity index (χ0n) is 10.1. The van der Waals surface area contributed by atoms with E-state index >= 15 is 0 Å². The number of rotatable bonds is 4. The van der Waals surface area contributed by atoms with Crippen LogP contribution in [0.4, 0.5) is 0 Å². The van der Waals surface area contributed by atoms with Crippen LogP contribution >= 0.6 is 0 Å². The second kappa shape index (κ2) is 5.82. The Kier molecular flexibility index (Phi) is 3.91. The number of furan rings is 1. The summed E-state index contributed by atoms with van der Waals surface area (Å²) in [6, 6.07) is 13.5. The van der Waals surface area contributed by atoms with Crippen LogP contribution in [0.3, 0.4) is 0 Å². The topological polar surface area (TPSA) is 54.6 Å². The van der Waals surface area contributed by atoms with Gasteiger partial charge in [-0.2, -0.15) is 5.10 Å². The summed E-state index contributed by atoms with van der Waals surface area (Å²) >= 11 is 0. The van der Waals surface area contributed by atoms with Gasteiger partial charge in [-0.25, -0.2) is 5.43 Å². The molecule has 1 heterocycles. The monoisotopic (exact) mass is 242 g/mol. The van der Waals surface area contributed by atoms with Gasteiger partial charge >= 0.3 is 0 Å². The first-order chi connectivity index (χ1) is 8.79. The van der Waals surface area contributed by atoms with Crippen molar-refractivity contribution in [3.05, 3.63) is 48.2 Å². The van der Waals surface area contributed by atoms with Gasteiger partial charge in [-0.05, 0) is 12.1 Å². The number of carbonyl (C=O) groups is 1. The third kappa shape index (κ3) is 3.07. The van der Waals surface area contributed by atoms with E-state index in [9.17, 15) is 4.79 Å². The molecule has 0 atom stereocenters. The number of carbonyl (C=O) groups excluding carboxylic acids is 1. The highest BCUT2D eigenvalue weighted by Gasteiger charge is 2.02. The number of hydrazone groups is 1. The maximum atomic E-state index is 11.0. The molecule has 0 spiro atoms. The number of amides is 1. The van der Waals surface area contributed by atoms with Gasteiger partial charge in [0.1, 0.15) is 11.5 Å². The quantitative estimate of drug-likeness (QED) is 0.662. The lowest BCUT2D eigenvalue weighted by molar-refractivity contribution is -0.120. The van der Waals surface area contributed by atoms with Crippen LogP contribution in [0.1, 0.15) is 19.1 Å². The van der Waals surface area contributed by atoms with Crippen LogP contribution in [-0.2, 0) is 4.79 Å². The van der Waals surface area contributed by atoms with Crippen molar-refractivity contribution in [3.63, 3.8) is 0 Å². The second-order valence-electron chi connectivity index (χ2n) is 3.71. The van der Waals surface area contributed by atoms with Gasteiger partial charge in [0.2, 0.25) is 5.91 Å². The molecule has 0 radical (unpaired) electrons. The van der Waals surface area contributed by atoms with Crippen LogP contribution in [-0.4, -0.2) is 12.1 Å². The second-order valence-corrected chi connectivity index (χ2v) is 3.71. The fourth-order valence-electron chi connectivity index (χ4n) is 1.43. The minimum absolute atomic E-state index is 0.124. The van der Waals surface area contributed by atoms with Crippen molar-refractivity contribution in [1.29, 1.82) is 0 Å². The van der Waals surface area contributed by atoms with Crippen LogP contribution in [0.5, 0.6) is 0 Å². The summed E-state index contributed by atoms with van der Waals surface area (Å²) in [5.74, 6) is 1.25. The Hall–Kier alpha value is -2.36. The molecule has 0 aliphatic carbocycles. The number of nitrogens with zero attached hydrogens (tertiary/aromatic N) is 1. The molecule has 0 bridgehead atoms. The van der Waals surface area contributed by atoms with Crippen molar-refractivity contribution in [2.75, 3.05) is 0 Å². The van der Waals surface area contributed by atoms with Gasteiger partial charge in [0.25, 0.3) is 0 Å². The molecular weight excluding hydrogens is 228 g/mol. The molecule has 0 saturated carbocycles. The third-order valence-corrected chi connectivity index (χ3v) is 2.39. The fourth-order valence-corrected chi connectivity index (χ4v) is 1.43. The number of nitrogens with one attached hydrogen (secondary N) is 1. The van der Waals surface area contributed by atoms with E-state index < -0.39 is 0 Å².